The van der Waals surface area contributed by atoms with Gasteiger partial charge < -0.3 is 25.2 Å². The molecule has 10 nitrogen and oxygen atoms in total. The van der Waals surface area contributed by atoms with E-state index in [-0.39, 0.29) is 13.0 Å². The molecule has 0 fully saturated rings. The lowest BCUT2D eigenvalue weighted by Crippen LogP contribution is -2.34. The Morgan fingerprint density at radius 3 is 1.50 bits per heavy atom. The van der Waals surface area contributed by atoms with Crippen LogP contribution in [0, 0.1) is 0 Å². The van der Waals surface area contributed by atoms with Gasteiger partial charge in [0.15, 0.2) is 0 Å². The van der Waals surface area contributed by atoms with Crippen molar-refractivity contribution < 1.29 is 42.7 Å². The van der Waals surface area contributed by atoms with E-state index < -0.39 is 45.1 Å². The molecule has 0 bridgehead atoms. The predicted octanol–water partition coefficient (Wildman–Crippen LogP) is 13.0. The number of aliphatic carboxylic acids is 1. The van der Waals surface area contributed by atoms with E-state index >= 15 is 0 Å². The number of carboxylic acid groups (broad SMARTS) is 1. The van der Waals surface area contributed by atoms with Crippen molar-refractivity contribution in [1.29, 1.82) is 0 Å². The van der Waals surface area contributed by atoms with Crippen molar-refractivity contribution >= 4 is 19.8 Å². The third-order valence-corrected chi connectivity index (χ3v) is 10.8. The fourth-order valence-corrected chi connectivity index (χ4v) is 7.08. The first-order valence-corrected chi connectivity index (χ1v) is 24.7. The fourth-order valence-electron chi connectivity index (χ4n) is 6.30. The maximum absolute atomic E-state index is 12.6. The van der Waals surface area contributed by atoms with Crippen molar-refractivity contribution in [2.75, 3.05) is 26.4 Å². The number of esters is 1. The minimum absolute atomic E-state index is 0.00823. The van der Waals surface area contributed by atoms with Crippen molar-refractivity contribution in [3.63, 3.8) is 0 Å². The fraction of sp³-hybridized carbons (Fsp3) is 0.787. The van der Waals surface area contributed by atoms with Gasteiger partial charge in [-0.05, 0) is 51.4 Å². The van der Waals surface area contributed by atoms with Crippen LogP contribution in [0.3, 0.4) is 0 Å². The topological polar surface area (TPSA) is 155 Å². The number of carbonyl (C=O) groups excluding carboxylic acids is 1. The summed E-state index contributed by atoms with van der Waals surface area (Å²) in [7, 11) is -4.62. The minimum Gasteiger partial charge on any atom is -0.480 e. The summed E-state index contributed by atoms with van der Waals surface area (Å²) in [5.74, 6) is -1.80. The largest absolute Gasteiger partial charge is 0.480 e. The molecule has 4 N–H and O–H groups in total. The zero-order chi connectivity index (χ0) is 42.6. The van der Waals surface area contributed by atoms with E-state index in [1.165, 1.54) is 103 Å². The molecule has 0 saturated carbocycles. The summed E-state index contributed by atoms with van der Waals surface area (Å²) in [4.78, 5) is 33.6. The highest BCUT2D eigenvalue weighted by molar-refractivity contribution is 7.47. The van der Waals surface area contributed by atoms with E-state index in [0.29, 0.717) is 13.0 Å². The summed E-state index contributed by atoms with van der Waals surface area (Å²) in [6.45, 7) is 3.76. The lowest BCUT2D eigenvalue weighted by Gasteiger charge is -2.20. The average Bonchev–Trinajstić information content (AvgIpc) is 3.20. The number of unbranched alkanes of at least 4 members (excludes halogenated alkanes) is 22. The second kappa shape index (κ2) is 43.0. The Labute approximate surface area is 354 Å². The maximum Gasteiger partial charge on any atom is 0.472 e. The molecule has 0 radical (unpaired) electrons. The maximum atomic E-state index is 12.6. The van der Waals surface area contributed by atoms with Gasteiger partial charge in [0.25, 0.3) is 0 Å². The van der Waals surface area contributed by atoms with Crippen LogP contribution in [-0.4, -0.2) is 60.5 Å². The van der Waals surface area contributed by atoms with Gasteiger partial charge in [-0.3, -0.25) is 18.6 Å². The molecular weight excluding hydrogens is 753 g/mol. The number of carbonyl (C=O) groups is 2. The number of ether oxygens (including phenoxy) is 2. The van der Waals surface area contributed by atoms with Crippen LogP contribution in [0.5, 0.6) is 0 Å². The Kier molecular flexibility index (Phi) is 41.5. The van der Waals surface area contributed by atoms with E-state index in [9.17, 15) is 19.0 Å². The van der Waals surface area contributed by atoms with Crippen molar-refractivity contribution in [3.8, 4) is 0 Å². The van der Waals surface area contributed by atoms with Gasteiger partial charge in [-0.25, -0.2) is 4.57 Å². The quantitative estimate of drug-likeness (QED) is 0.0234. The van der Waals surface area contributed by atoms with Gasteiger partial charge in [0.05, 0.1) is 19.8 Å². The Morgan fingerprint density at radius 1 is 0.569 bits per heavy atom. The summed E-state index contributed by atoms with van der Waals surface area (Å²) < 4.78 is 33.4. The molecule has 0 aromatic heterocycles. The van der Waals surface area contributed by atoms with Gasteiger partial charge in [-0.15, -0.1) is 0 Å². The van der Waals surface area contributed by atoms with E-state index in [1.54, 1.807) is 0 Å². The molecule has 338 valence electrons. The van der Waals surface area contributed by atoms with Gasteiger partial charge in [-0.1, -0.05) is 191 Å². The van der Waals surface area contributed by atoms with E-state index in [2.05, 4.69) is 62.5 Å². The highest BCUT2D eigenvalue weighted by Gasteiger charge is 2.27. The summed E-state index contributed by atoms with van der Waals surface area (Å²) in [5.41, 5.74) is 5.36. The van der Waals surface area contributed by atoms with Crippen LogP contribution in [0.15, 0.2) is 48.6 Å². The van der Waals surface area contributed by atoms with Gasteiger partial charge in [0.1, 0.15) is 12.1 Å². The molecule has 0 aliphatic rings. The van der Waals surface area contributed by atoms with E-state index in [0.717, 1.165) is 70.6 Å². The Balaban J connectivity index is 4.22. The number of phosphoric ester groups is 1. The lowest BCUT2D eigenvalue weighted by molar-refractivity contribution is -0.154. The second-order valence-corrected chi connectivity index (χ2v) is 17.0. The van der Waals surface area contributed by atoms with Gasteiger partial charge in [-0.2, -0.15) is 0 Å². The van der Waals surface area contributed by atoms with Crippen LogP contribution in [0.1, 0.15) is 200 Å². The molecule has 3 atom stereocenters. The first kappa shape index (κ1) is 55.9. The van der Waals surface area contributed by atoms with Crippen molar-refractivity contribution in [2.24, 2.45) is 5.73 Å². The molecule has 0 heterocycles. The highest BCUT2D eigenvalue weighted by Crippen LogP contribution is 2.43. The first-order valence-electron chi connectivity index (χ1n) is 23.2. The zero-order valence-corrected chi connectivity index (χ0v) is 37.8. The van der Waals surface area contributed by atoms with Crippen LogP contribution in [-0.2, 0) is 32.7 Å². The zero-order valence-electron chi connectivity index (χ0n) is 36.9. The molecule has 0 aliphatic carbocycles. The van der Waals surface area contributed by atoms with Gasteiger partial charge in [0, 0.05) is 13.0 Å². The summed E-state index contributed by atoms with van der Waals surface area (Å²) in [5, 5.41) is 8.91. The molecule has 0 spiro atoms. The summed E-state index contributed by atoms with van der Waals surface area (Å²) in [6, 6.07) is -1.48. The van der Waals surface area contributed by atoms with Crippen LogP contribution in [0.25, 0.3) is 0 Å². The van der Waals surface area contributed by atoms with Crippen molar-refractivity contribution in [3.05, 3.63) is 48.6 Å². The molecule has 0 aromatic rings. The number of phosphoric acid groups is 1. The SMILES string of the molecule is CC/C=C\C/C=C\C/C=C\C/C=C\CCCCCCC(=O)OC(COCCCCCCCCCCCCCCCCCCCCC)COP(=O)(O)OCC(N)C(=O)O. The molecule has 0 aliphatic heterocycles. The van der Waals surface area contributed by atoms with Crippen LogP contribution in [0.2, 0.25) is 0 Å². The number of hydrogen-bond donors (Lipinski definition) is 3. The molecule has 0 rings (SSSR count). The first-order chi connectivity index (χ1) is 28.2. The highest BCUT2D eigenvalue weighted by atomic mass is 31.2. The lowest BCUT2D eigenvalue weighted by atomic mass is 10.0. The number of rotatable bonds is 44. The Hall–Kier alpha value is -2.07. The third kappa shape index (κ3) is 42.1. The summed E-state index contributed by atoms with van der Waals surface area (Å²) >= 11 is 0. The third-order valence-electron chi connectivity index (χ3n) is 9.87. The molecule has 0 amide bonds. The van der Waals surface area contributed by atoms with Gasteiger partial charge in [0.2, 0.25) is 0 Å². The molecule has 11 heteroatoms. The minimum atomic E-state index is -4.62. The number of nitrogens with two attached hydrogens (primary N) is 1. The Bertz CT molecular complexity index is 1110. The monoisotopic (exact) mass is 840 g/mol. The van der Waals surface area contributed by atoms with Crippen molar-refractivity contribution in [2.45, 2.75) is 212 Å². The average molecular weight is 840 g/mol. The number of carboxylic acids is 1. The number of allylic oxidation sites excluding steroid dienone is 8. The molecule has 0 saturated heterocycles. The van der Waals surface area contributed by atoms with Gasteiger partial charge >= 0.3 is 19.8 Å². The smallest absolute Gasteiger partial charge is 0.472 e. The van der Waals surface area contributed by atoms with Crippen LogP contribution in [0.4, 0.5) is 0 Å². The van der Waals surface area contributed by atoms with Crippen molar-refractivity contribution in [1.82, 2.24) is 0 Å². The Morgan fingerprint density at radius 2 is 1.00 bits per heavy atom. The standard InChI is InChI=1S/C47H86NO9P/c1-3-5-7-9-11-13-15-17-19-21-22-24-26-28-30-32-34-36-38-40-54-41-44(42-55-58(52,53)56-43-45(48)47(50)51)57-46(49)39-37-35-33-31-29-27-25-23-20-18-16-14-12-10-8-6-4-2/h6,8,12,14,18,20,25,27,44-45H,3-5,7,9-11,13,15-17,19,21-24,26,28-43,48H2,1-2H3,(H,50,51)(H,52,53)/b8-6-,14-12-,20-18-,27-25-. The normalized spacial score (nSPS) is 14.3. The van der Waals surface area contributed by atoms with Crippen LogP contribution < -0.4 is 5.73 Å². The molecular formula is C47H86NO9P. The molecule has 0 aromatic carbocycles. The predicted molar refractivity (Wildman–Crippen MR) is 240 cm³/mol. The van der Waals surface area contributed by atoms with E-state index in [4.69, 9.17) is 29.4 Å². The van der Waals surface area contributed by atoms with Crippen LogP contribution >= 0.6 is 7.82 Å². The molecule has 3 unspecified atom stereocenters. The summed E-state index contributed by atoms with van der Waals surface area (Å²) in [6.07, 6.45) is 50.2. The number of hydrogen-bond acceptors (Lipinski definition) is 8. The second-order valence-electron chi connectivity index (χ2n) is 15.5. The molecule has 58 heavy (non-hydrogen) atoms. The van der Waals surface area contributed by atoms with E-state index in [1.807, 2.05) is 0 Å².